The second kappa shape index (κ2) is 6.32. The van der Waals surface area contributed by atoms with Gasteiger partial charge in [0.25, 0.3) is 0 Å². The average Bonchev–Trinajstić information content (AvgIpc) is 2.55. The van der Waals surface area contributed by atoms with Crippen LogP contribution >= 0.6 is 0 Å². The molecule has 0 bridgehead atoms. The predicted molar refractivity (Wildman–Crippen MR) is 78.4 cm³/mol. The van der Waals surface area contributed by atoms with Gasteiger partial charge < -0.3 is 20.1 Å². The summed E-state index contributed by atoms with van der Waals surface area (Å²) in [6.45, 7) is 4.66. The van der Waals surface area contributed by atoms with Gasteiger partial charge in [0, 0.05) is 32.7 Å². The van der Waals surface area contributed by atoms with E-state index in [1.807, 2.05) is 29.2 Å². The summed E-state index contributed by atoms with van der Waals surface area (Å²) in [5.41, 5.74) is 5.39. The van der Waals surface area contributed by atoms with Gasteiger partial charge in [-0.1, -0.05) is 12.1 Å². The van der Waals surface area contributed by atoms with Crippen molar-refractivity contribution in [3.63, 3.8) is 0 Å². The van der Waals surface area contributed by atoms with Crippen molar-refractivity contribution < 1.29 is 14.3 Å². The standard InChI is InChI=1S/C15H21N3O3/c16-9-15(19)18-7-5-17(6-8-18)10-12-11-20-13-3-1-2-4-14(13)21-12/h1-4,12H,5-11,16H2. The highest BCUT2D eigenvalue weighted by atomic mass is 16.6. The maximum atomic E-state index is 11.5. The summed E-state index contributed by atoms with van der Waals surface area (Å²) in [5, 5.41) is 0. The van der Waals surface area contributed by atoms with Gasteiger partial charge in [-0.2, -0.15) is 0 Å². The maximum absolute atomic E-state index is 11.5. The Morgan fingerprint density at radius 3 is 2.62 bits per heavy atom. The Kier molecular flexibility index (Phi) is 4.26. The molecule has 6 nitrogen and oxygen atoms in total. The minimum Gasteiger partial charge on any atom is -0.486 e. The van der Waals surface area contributed by atoms with E-state index < -0.39 is 0 Å². The summed E-state index contributed by atoms with van der Waals surface area (Å²) in [7, 11) is 0. The van der Waals surface area contributed by atoms with Crippen LogP contribution in [0.25, 0.3) is 0 Å². The van der Waals surface area contributed by atoms with Crippen molar-refractivity contribution in [1.82, 2.24) is 9.80 Å². The van der Waals surface area contributed by atoms with Crippen molar-refractivity contribution in [3.8, 4) is 11.5 Å². The summed E-state index contributed by atoms with van der Waals surface area (Å²) in [6.07, 6.45) is 0.0386. The summed E-state index contributed by atoms with van der Waals surface area (Å²) in [4.78, 5) is 15.7. The monoisotopic (exact) mass is 291 g/mol. The summed E-state index contributed by atoms with van der Waals surface area (Å²) >= 11 is 0. The first kappa shape index (κ1) is 14.2. The number of ether oxygens (including phenoxy) is 2. The predicted octanol–water partition coefficient (Wildman–Crippen LogP) is -0.0707. The topological polar surface area (TPSA) is 68.0 Å². The zero-order chi connectivity index (χ0) is 14.7. The van der Waals surface area contributed by atoms with Crippen LogP contribution in [0.1, 0.15) is 0 Å². The summed E-state index contributed by atoms with van der Waals surface area (Å²) in [5.74, 6) is 1.65. The molecule has 1 unspecified atom stereocenters. The molecule has 6 heteroatoms. The fourth-order valence-electron chi connectivity index (χ4n) is 2.75. The van der Waals surface area contributed by atoms with E-state index in [4.69, 9.17) is 15.2 Å². The minimum absolute atomic E-state index is 0.0285. The van der Waals surface area contributed by atoms with Crippen LogP contribution in [-0.2, 0) is 4.79 Å². The van der Waals surface area contributed by atoms with Crippen molar-refractivity contribution in [1.29, 1.82) is 0 Å². The molecule has 0 aliphatic carbocycles. The Bertz CT molecular complexity index is 501. The van der Waals surface area contributed by atoms with E-state index >= 15 is 0 Å². The number of rotatable bonds is 3. The summed E-state index contributed by atoms with van der Waals surface area (Å²) in [6, 6.07) is 7.74. The van der Waals surface area contributed by atoms with Gasteiger partial charge in [-0.25, -0.2) is 0 Å². The number of nitrogens with two attached hydrogens (primary N) is 1. The van der Waals surface area contributed by atoms with Crippen LogP contribution in [0.2, 0.25) is 0 Å². The molecule has 2 heterocycles. The van der Waals surface area contributed by atoms with Gasteiger partial charge >= 0.3 is 0 Å². The first-order valence-electron chi connectivity index (χ1n) is 7.35. The molecule has 1 aromatic carbocycles. The van der Waals surface area contributed by atoms with Crippen molar-refractivity contribution in [2.45, 2.75) is 6.10 Å². The van der Waals surface area contributed by atoms with Gasteiger partial charge in [-0.15, -0.1) is 0 Å². The van der Waals surface area contributed by atoms with Crippen molar-refractivity contribution >= 4 is 5.91 Å². The number of fused-ring (bicyclic) bond motifs is 1. The lowest BCUT2D eigenvalue weighted by Crippen LogP contribution is -2.53. The molecular weight excluding hydrogens is 270 g/mol. The van der Waals surface area contributed by atoms with Crippen molar-refractivity contribution in [2.75, 3.05) is 45.9 Å². The van der Waals surface area contributed by atoms with Crippen LogP contribution < -0.4 is 15.2 Å². The highest BCUT2D eigenvalue weighted by Crippen LogP contribution is 2.31. The van der Waals surface area contributed by atoms with Crippen molar-refractivity contribution in [2.24, 2.45) is 5.73 Å². The second-order valence-corrected chi connectivity index (χ2v) is 5.38. The molecule has 1 aromatic rings. The molecular formula is C15H21N3O3. The first-order valence-corrected chi connectivity index (χ1v) is 7.35. The van der Waals surface area contributed by atoms with E-state index in [-0.39, 0.29) is 18.6 Å². The lowest BCUT2D eigenvalue weighted by atomic mass is 10.2. The Hall–Kier alpha value is -1.79. The highest BCUT2D eigenvalue weighted by Gasteiger charge is 2.26. The number of para-hydroxylation sites is 2. The number of amides is 1. The van der Waals surface area contributed by atoms with Crippen LogP contribution in [0.3, 0.4) is 0 Å². The van der Waals surface area contributed by atoms with E-state index in [1.165, 1.54) is 0 Å². The zero-order valence-corrected chi connectivity index (χ0v) is 12.0. The van der Waals surface area contributed by atoms with Crippen LogP contribution in [0.4, 0.5) is 0 Å². The third-order valence-corrected chi connectivity index (χ3v) is 3.93. The molecule has 1 fully saturated rings. The van der Waals surface area contributed by atoms with E-state index in [0.717, 1.165) is 44.2 Å². The molecule has 2 aliphatic heterocycles. The van der Waals surface area contributed by atoms with E-state index in [0.29, 0.717) is 6.61 Å². The third-order valence-electron chi connectivity index (χ3n) is 3.93. The molecule has 21 heavy (non-hydrogen) atoms. The van der Waals surface area contributed by atoms with Crippen LogP contribution in [0.15, 0.2) is 24.3 Å². The number of hydrogen-bond acceptors (Lipinski definition) is 5. The third kappa shape index (κ3) is 3.28. The van der Waals surface area contributed by atoms with E-state index in [9.17, 15) is 4.79 Å². The van der Waals surface area contributed by atoms with E-state index in [1.54, 1.807) is 0 Å². The minimum atomic E-state index is 0.0285. The molecule has 0 spiro atoms. The molecule has 2 N–H and O–H groups in total. The fourth-order valence-corrected chi connectivity index (χ4v) is 2.75. The molecule has 1 saturated heterocycles. The molecule has 1 amide bonds. The molecule has 3 rings (SSSR count). The molecule has 114 valence electrons. The Morgan fingerprint density at radius 1 is 1.19 bits per heavy atom. The Labute approximate surface area is 124 Å². The van der Waals surface area contributed by atoms with Crippen LogP contribution in [0, 0.1) is 0 Å². The number of nitrogens with zero attached hydrogens (tertiary/aromatic N) is 2. The van der Waals surface area contributed by atoms with E-state index in [2.05, 4.69) is 4.90 Å². The molecule has 0 radical (unpaired) electrons. The number of carbonyl (C=O) groups is 1. The fraction of sp³-hybridized carbons (Fsp3) is 0.533. The smallest absolute Gasteiger partial charge is 0.236 e. The highest BCUT2D eigenvalue weighted by molar-refractivity contribution is 5.78. The van der Waals surface area contributed by atoms with Crippen LogP contribution in [0.5, 0.6) is 11.5 Å². The SMILES string of the molecule is NCC(=O)N1CCN(CC2COc3ccccc3O2)CC1. The van der Waals surface area contributed by atoms with Gasteiger partial charge in [0.2, 0.25) is 5.91 Å². The lowest BCUT2D eigenvalue weighted by Gasteiger charge is -2.37. The molecule has 0 aromatic heterocycles. The van der Waals surface area contributed by atoms with Gasteiger partial charge in [-0.3, -0.25) is 9.69 Å². The summed E-state index contributed by atoms with van der Waals surface area (Å²) < 4.78 is 11.7. The molecule has 0 saturated carbocycles. The largest absolute Gasteiger partial charge is 0.486 e. The lowest BCUT2D eigenvalue weighted by molar-refractivity contribution is -0.131. The van der Waals surface area contributed by atoms with Gasteiger partial charge in [0.1, 0.15) is 12.7 Å². The number of piperazine rings is 1. The van der Waals surface area contributed by atoms with Gasteiger partial charge in [-0.05, 0) is 12.1 Å². The first-order chi connectivity index (χ1) is 10.3. The zero-order valence-electron chi connectivity index (χ0n) is 12.0. The Morgan fingerprint density at radius 2 is 1.90 bits per heavy atom. The van der Waals surface area contributed by atoms with Crippen molar-refractivity contribution in [3.05, 3.63) is 24.3 Å². The van der Waals surface area contributed by atoms with Crippen LogP contribution in [-0.4, -0.2) is 67.7 Å². The molecule has 2 aliphatic rings. The average molecular weight is 291 g/mol. The molecule has 1 atom stereocenters. The van der Waals surface area contributed by atoms with Gasteiger partial charge in [0.05, 0.1) is 6.54 Å². The normalized spacial score (nSPS) is 22.1. The quantitative estimate of drug-likeness (QED) is 0.844. The Balaban J connectivity index is 1.50. The maximum Gasteiger partial charge on any atom is 0.236 e. The van der Waals surface area contributed by atoms with Gasteiger partial charge in [0.15, 0.2) is 11.5 Å². The number of benzene rings is 1. The number of carbonyl (C=O) groups excluding carboxylic acids is 1. The second-order valence-electron chi connectivity index (χ2n) is 5.38. The number of hydrogen-bond donors (Lipinski definition) is 1.